The SMILES string of the molecule is Cc1c(F)cccc1[C@@H]([SH]1C[C@H](O)[C@H](n2cc(-c3cc(F)c(F)c(F)c3)nn2)[C@@H](O)[C@H]1CO)C(C)(C)O. The molecular weight excluding hydrogens is 514 g/mol. The molecule has 0 aliphatic carbocycles. The molecule has 1 aliphatic rings. The maximum atomic E-state index is 14.4. The van der Waals surface area contributed by atoms with E-state index in [1.54, 1.807) is 26.8 Å². The molecule has 0 saturated carbocycles. The van der Waals surface area contributed by atoms with Crippen LogP contribution in [-0.4, -0.2) is 70.8 Å². The quantitative estimate of drug-likeness (QED) is 0.186. The van der Waals surface area contributed by atoms with E-state index in [0.29, 0.717) is 11.1 Å². The summed E-state index contributed by atoms with van der Waals surface area (Å²) in [6.07, 6.45) is -1.30. The van der Waals surface area contributed by atoms with E-state index >= 15 is 0 Å². The lowest BCUT2D eigenvalue weighted by Crippen LogP contribution is -2.52. The summed E-state index contributed by atoms with van der Waals surface area (Å²) in [7, 11) is -1.51. The van der Waals surface area contributed by atoms with Crippen molar-refractivity contribution in [1.29, 1.82) is 0 Å². The fourth-order valence-electron chi connectivity index (χ4n) is 5.10. The zero-order valence-corrected chi connectivity index (χ0v) is 21.2. The maximum absolute atomic E-state index is 14.4. The Hall–Kier alpha value is -2.51. The molecule has 1 fully saturated rings. The van der Waals surface area contributed by atoms with Crippen molar-refractivity contribution in [3.05, 3.63) is 70.9 Å². The van der Waals surface area contributed by atoms with Gasteiger partial charge in [-0.05, 0) is 50.1 Å². The summed E-state index contributed by atoms with van der Waals surface area (Å²) >= 11 is 0. The summed E-state index contributed by atoms with van der Waals surface area (Å²) < 4.78 is 56.3. The first-order valence-electron chi connectivity index (χ1n) is 11.6. The molecule has 1 unspecified atom stereocenters. The normalized spacial score (nSPS) is 26.3. The van der Waals surface area contributed by atoms with Crippen LogP contribution in [0.15, 0.2) is 36.5 Å². The molecule has 1 aromatic heterocycles. The van der Waals surface area contributed by atoms with Crippen LogP contribution in [0.4, 0.5) is 17.6 Å². The molecule has 202 valence electrons. The second kappa shape index (κ2) is 10.3. The van der Waals surface area contributed by atoms with Crippen molar-refractivity contribution in [1.82, 2.24) is 15.0 Å². The van der Waals surface area contributed by atoms with Crippen molar-refractivity contribution in [3.63, 3.8) is 0 Å². The minimum atomic E-state index is -1.62. The van der Waals surface area contributed by atoms with Crippen LogP contribution in [0.1, 0.15) is 36.3 Å². The average Bonchev–Trinajstić information content (AvgIpc) is 3.29. The van der Waals surface area contributed by atoms with E-state index in [2.05, 4.69) is 10.3 Å². The highest BCUT2D eigenvalue weighted by atomic mass is 32.2. The molecule has 1 aliphatic heterocycles. The van der Waals surface area contributed by atoms with Gasteiger partial charge in [-0.15, -0.1) is 5.10 Å². The number of nitrogens with zero attached hydrogens (tertiary/aromatic N) is 3. The summed E-state index contributed by atoms with van der Waals surface area (Å²) in [4.78, 5) is 0. The number of aliphatic hydroxyl groups excluding tert-OH is 3. The first-order chi connectivity index (χ1) is 17.3. The molecule has 0 amide bonds. The topological polar surface area (TPSA) is 112 Å². The highest BCUT2D eigenvalue weighted by Crippen LogP contribution is 2.57. The van der Waals surface area contributed by atoms with Crippen molar-refractivity contribution < 1.29 is 38.0 Å². The van der Waals surface area contributed by atoms with Crippen molar-refractivity contribution in [3.8, 4) is 11.3 Å². The lowest BCUT2D eigenvalue weighted by atomic mass is 9.94. The molecule has 0 spiro atoms. The Balaban J connectivity index is 1.69. The third-order valence-electron chi connectivity index (χ3n) is 6.85. The maximum Gasteiger partial charge on any atom is 0.194 e. The van der Waals surface area contributed by atoms with Gasteiger partial charge in [0, 0.05) is 21.8 Å². The number of halogens is 4. The van der Waals surface area contributed by atoms with Crippen LogP contribution in [0.3, 0.4) is 0 Å². The number of thiol groups is 1. The minimum absolute atomic E-state index is 0.0182. The van der Waals surface area contributed by atoms with E-state index in [1.165, 1.54) is 18.3 Å². The summed E-state index contributed by atoms with van der Waals surface area (Å²) in [6.45, 7) is 4.24. The van der Waals surface area contributed by atoms with Gasteiger partial charge in [0.1, 0.15) is 17.6 Å². The Bertz CT molecular complexity index is 1260. The highest BCUT2D eigenvalue weighted by molar-refractivity contribution is 8.18. The largest absolute Gasteiger partial charge is 0.395 e. The van der Waals surface area contributed by atoms with Crippen LogP contribution in [-0.2, 0) is 0 Å². The van der Waals surface area contributed by atoms with Gasteiger partial charge < -0.3 is 20.4 Å². The lowest BCUT2D eigenvalue weighted by molar-refractivity contribution is 0.00570. The van der Waals surface area contributed by atoms with Gasteiger partial charge >= 0.3 is 0 Å². The van der Waals surface area contributed by atoms with Crippen LogP contribution >= 0.6 is 10.9 Å². The number of hydrogen-bond acceptors (Lipinski definition) is 6. The first-order valence-corrected chi connectivity index (χ1v) is 13.3. The zero-order chi connectivity index (χ0) is 27.2. The van der Waals surface area contributed by atoms with Crippen LogP contribution < -0.4 is 0 Å². The van der Waals surface area contributed by atoms with E-state index in [0.717, 1.165) is 16.8 Å². The number of hydrogen-bond donors (Lipinski definition) is 5. The molecule has 2 aromatic carbocycles. The Morgan fingerprint density at radius 3 is 2.35 bits per heavy atom. The van der Waals surface area contributed by atoms with Crippen molar-refractivity contribution in [2.45, 2.75) is 55.1 Å². The summed E-state index contributed by atoms with van der Waals surface area (Å²) in [5.41, 5.74) is -0.624. The highest BCUT2D eigenvalue weighted by Gasteiger charge is 2.49. The third kappa shape index (κ3) is 5.13. The number of benzene rings is 2. The van der Waals surface area contributed by atoms with E-state index in [1.807, 2.05) is 0 Å². The predicted molar refractivity (Wildman–Crippen MR) is 131 cm³/mol. The number of aromatic nitrogens is 3. The second-order valence-electron chi connectivity index (χ2n) is 9.84. The van der Waals surface area contributed by atoms with Gasteiger partial charge in [0.15, 0.2) is 17.5 Å². The van der Waals surface area contributed by atoms with Crippen LogP contribution in [0, 0.1) is 30.2 Å². The van der Waals surface area contributed by atoms with Gasteiger partial charge in [-0.2, -0.15) is 0 Å². The van der Waals surface area contributed by atoms with Gasteiger partial charge in [0.25, 0.3) is 0 Å². The summed E-state index contributed by atoms with van der Waals surface area (Å²) in [5, 5.41) is 50.1. The molecule has 4 N–H and O–H groups in total. The van der Waals surface area contributed by atoms with Crippen LogP contribution in [0.25, 0.3) is 11.3 Å². The van der Waals surface area contributed by atoms with Crippen LogP contribution in [0.5, 0.6) is 0 Å². The lowest BCUT2D eigenvalue weighted by Gasteiger charge is -2.51. The number of rotatable bonds is 6. The molecule has 7 nitrogen and oxygen atoms in total. The van der Waals surface area contributed by atoms with E-state index in [-0.39, 0.29) is 17.0 Å². The molecule has 37 heavy (non-hydrogen) atoms. The minimum Gasteiger partial charge on any atom is -0.395 e. The number of aliphatic hydroxyl groups is 4. The monoisotopic (exact) mass is 543 g/mol. The van der Waals surface area contributed by atoms with E-state index < -0.39 is 75.1 Å². The molecule has 3 aromatic rings. The molecule has 4 rings (SSSR count). The Labute approximate surface area is 213 Å². The Morgan fingerprint density at radius 2 is 1.76 bits per heavy atom. The van der Waals surface area contributed by atoms with E-state index in [4.69, 9.17) is 0 Å². The Morgan fingerprint density at radius 1 is 1.11 bits per heavy atom. The van der Waals surface area contributed by atoms with Gasteiger partial charge in [-0.1, -0.05) is 17.3 Å². The molecule has 12 heteroatoms. The van der Waals surface area contributed by atoms with Gasteiger partial charge in [0.05, 0.1) is 30.6 Å². The first kappa shape index (κ1) is 27.5. The second-order valence-corrected chi connectivity index (χ2v) is 12.4. The average molecular weight is 544 g/mol. The van der Waals surface area contributed by atoms with Crippen molar-refractivity contribution in [2.24, 2.45) is 0 Å². The van der Waals surface area contributed by atoms with Crippen LogP contribution in [0.2, 0.25) is 0 Å². The smallest absolute Gasteiger partial charge is 0.194 e. The molecule has 6 atom stereocenters. The predicted octanol–water partition coefficient (Wildman–Crippen LogP) is 2.96. The molecule has 0 radical (unpaired) electrons. The van der Waals surface area contributed by atoms with E-state index in [9.17, 15) is 38.0 Å². The molecule has 1 saturated heterocycles. The standard InChI is InChI=1S/C25H29F4N3O4S/c1-12-14(5-4-6-15(12)26)24(25(2,3)36)37-11-19(34)22(23(35)20(37)10-33)32-9-18(30-31-32)13-7-16(27)21(29)17(28)8-13/h4-9,19-20,22-24,33-37H,10-11H2,1-3H3/t19-,20+,22-,23-,24+/m0/s1. The fourth-order valence-corrected chi connectivity index (χ4v) is 8.84. The fraction of sp³-hybridized carbons (Fsp3) is 0.440. The third-order valence-corrected chi connectivity index (χ3v) is 10.5. The van der Waals surface area contributed by atoms with Gasteiger partial charge in [0.2, 0.25) is 0 Å². The summed E-state index contributed by atoms with van der Waals surface area (Å²) in [5.74, 6) is -4.82. The van der Waals surface area contributed by atoms with Crippen molar-refractivity contribution in [2.75, 3.05) is 12.4 Å². The molecule has 2 heterocycles. The summed E-state index contributed by atoms with van der Waals surface area (Å²) in [6, 6.07) is 4.95. The molecule has 0 bridgehead atoms. The zero-order valence-electron chi connectivity index (χ0n) is 20.4. The van der Waals surface area contributed by atoms with Gasteiger partial charge in [-0.3, -0.25) is 0 Å². The molecular formula is C25H29F4N3O4S. The Kier molecular flexibility index (Phi) is 7.69. The van der Waals surface area contributed by atoms with Gasteiger partial charge in [-0.25, -0.2) is 33.1 Å². The van der Waals surface area contributed by atoms with Crippen molar-refractivity contribution >= 4 is 10.9 Å².